The standard InChI is InChI=1S/C24H36N4O5S/c1-4-5-6-8-13-24(3)22(30)28(23(31)26-24)17-21(29)25-19-12-11-18(2)20(16-19)34(32,33)27-14-9-7-10-15-27/h11-12,16H,4-10,13-15,17H2,1-3H3,(H,25,29)(H,26,31). The van der Waals surface area contributed by atoms with Gasteiger partial charge in [-0.25, -0.2) is 13.2 Å². The highest BCUT2D eigenvalue weighted by molar-refractivity contribution is 7.89. The summed E-state index contributed by atoms with van der Waals surface area (Å²) in [6, 6.07) is 4.12. The van der Waals surface area contributed by atoms with Crippen LogP contribution < -0.4 is 10.6 Å². The van der Waals surface area contributed by atoms with E-state index < -0.39 is 40.0 Å². The van der Waals surface area contributed by atoms with Crippen LogP contribution in [0, 0.1) is 6.92 Å². The Morgan fingerprint density at radius 1 is 1.12 bits per heavy atom. The van der Waals surface area contributed by atoms with Crippen molar-refractivity contribution in [3.05, 3.63) is 23.8 Å². The van der Waals surface area contributed by atoms with E-state index in [1.807, 2.05) is 0 Å². The quantitative estimate of drug-likeness (QED) is 0.384. The average Bonchev–Trinajstić information content (AvgIpc) is 3.01. The number of urea groups is 1. The third kappa shape index (κ3) is 5.78. The first-order valence-electron chi connectivity index (χ1n) is 12.1. The van der Waals surface area contributed by atoms with Crippen molar-refractivity contribution in [2.75, 3.05) is 25.0 Å². The first-order valence-corrected chi connectivity index (χ1v) is 13.6. The molecule has 2 N–H and O–H groups in total. The summed E-state index contributed by atoms with van der Waals surface area (Å²) in [7, 11) is -3.67. The fourth-order valence-electron chi connectivity index (χ4n) is 4.51. The van der Waals surface area contributed by atoms with Crippen molar-refractivity contribution in [1.82, 2.24) is 14.5 Å². The van der Waals surface area contributed by atoms with Gasteiger partial charge in [-0.2, -0.15) is 4.31 Å². The normalized spacial score (nSPS) is 21.6. The van der Waals surface area contributed by atoms with E-state index in [0.717, 1.165) is 49.8 Å². The second-order valence-electron chi connectivity index (χ2n) is 9.46. The van der Waals surface area contributed by atoms with Crippen molar-refractivity contribution in [3.63, 3.8) is 0 Å². The van der Waals surface area contributed by atoms with Crippen LogP contribution >= 0.6 is 0 Å². The molecule has 0 saturated carbocycles. The number of rotatable bonds is 10. The van der Waals surface area contributed by atoms with Gasteiger partial charge in [-0.15, -0.1) is 0 Å². The Morgan fingerprint density at radius 3 is 2.50 bits per heavy atom. The maximum absolute atomic E-state index is 13.1. The van der Waals surface area contributed by atoms with Gasteiger partial charge in [0.15, 0.2) is 0 Å². The number of sulfonamides is 1. The topological polar surface area (TPSA) is 116 Å². The Hall–Kier alpha value is -2.46. The fourth-order valence-corrected chi connectivity index (χ4v) is 6.28. The van der Waals surface area contributed by atoms with E-state index in [9.17, 15) is 22.8 Å². The molecule has 4 amide bonds. The number of carbonyl (C=O) groups is 3. The van der Waals surface area contributed by atoms with Gasteiger partial charge in [0.05, 0.1) is 4.90 Å². The predicted octanol–water partition coefficient (Wildman–Crippen LogP) is 3.39. The Bertz CT molecular complexity index is 1040. The molecule has 1 atom stereocenters. The first kappa shape index (κ1) is 26.2. The zero-order valence-corrected chi connectivity index (χ0v) is 21.2. The molecule has 1 unspecified atom stereocenters. The van der Waals surface area contributed by atoms with Crippen LogP contribution in [0.2, 0.25) is 0 Å². The highest BCUT2D eigenvalue weighted by Gasteiger charge is 2.47. The molecule has 0 spiro atoms. The Balaban J connectivity index is 1.66. The number of benzene rings is 1. The molecule has 0 bridgehead atoms. The zero-order valence-electron chi connectivity index (χ0n) is 20.4. The molecule has 0 radical (unpaired) electrons. The number of amides is 4. The fraction of sp³-hybridized carbons (Fsp3) is 0.625. The van der Waals surface area contributed by atoms with Crippen molar-refractivity contribution < 1.29 is 22.8 Å². The molecule has 188 valence electrons. The van der Waals surface area contributed by atoms with E-state index in [2.05, 4.69) is 17.6 Å². The summed E-state index contributed by atoms with van der Waals surface area (Å²) in [6.07, 6.45) is 7.13. The molecule has 10 heteroatoms. The lowest BCUT2D eigenvalue weighted by molar-refractivity contribution is -0.133. The minimum atomic E-state index is -3.67. The van der Waals surface area contributed by atoms with Gasteiger partial charge in [-0.3, -0.25) is 14.5 Å². The van der Waals surface area contributed by atoms with Gasteiger partial charge in [0.1, 0.15) is 12.1 Å². The molecule has 34 heavy (non-hydrogen) atoms. The molecule has 2 saturated heterocycles. The molecular formula is C24H36N4O5S. The first-order chi connectivity index (χ1) is 16.1. The number of piperidine rings is 1. The van der Waals surface area contributed by atoms with E-state index in [0.29, 0.717) is 30.8 Å². The molecule has 3 rings (SSSR count). The second-order valence-corrected chi connectivity index (χ2v) is 11.4. The van der Waals surface area contributed by atoms with Crippen LogP contribution in [0.3, 0.4) is 0 Å². The maximum atomic E-state index is 13.1. The Kier molecular flexibility index (Phi) is 8.35. The van der Waals surface area contributed by atoms with Crippen molar-refractivity contribution in [2.45, 2.75) is 82.6 Å². The molecule has 2 aliphatic heterocycles. The minimum absolute atomic E-state index is 0.154. The van der Waals surface area contributed by atoms with Gasteiger partial charge < -0.3 is 10.6 Å². The second kappa shape index (κ2) is 10.9. The molecule has 1 aromatic carbocycles. The summed E-state index contributed by atoms with van der Waals surface area (Å²) >= 11 is 0. The summed E-state index contributed by atoms with van der Waals surface area (Å²) in [5.41, 5.74) is -0.109. The van der Waals surface area contributed by atoms with Gasteiger partial charge in [-0.05, 0) is 50.8 Å². The number of hydrogen-bond acceptors (Lipinski definition) is 5. The number of aryl methyl sites for hydroxylation is 1. The SMILES string of the molecule is CCCCCCC1(C)NC(=O)N(CC(=O)Nc2ccc(C)c(S(=O)(=O)N3CCCCC3)c2)C1=O. The summed E-state index contributed by atoms with van der Waals surface area (Å²) in [4.78, 5) is 39.0. The number of carbonyl (C=O) groups excluding carboxylic acids is 3. The van der Waals surface area contributed by atoms with Crippen LogP contribution in [0.25, 0.3) is 0 Å². The maximum Gasteiger partial charge on any atom is 0.325 e. The molecule has 9 nitrogen and oxygen atoms in total. The number of anilines is 1. The molecule has 2 heterocycles. The van der Waals surface area contributed by atoms with Crippen LogP contribution in [-0.2, 0) is 19.6 Å². The number of hydrogen-bond donors (Lipinski definition) is 2. The lowest BCUT2D eigenvalue weighted by atomic mass is 9.94. The average molecular weight is 493 g/mol. The lowest BCUT2D eigenvalue weighted by Gasteiger charge is -2.26. The number of nitrogens with one attached hydrogen (secondary N) is 2. The van der Waals surface area contributed by atoms with E-state index in [-0.39, 0.29) is 4.90 Å². The summed E-state index contributed by atoms with van der Waals surface area (Å²) in [5.74, 6) is -0.981. The summed E-state index contributed by atoms with van der Waals surface area (Å²) in [5, 5.41) is 5.37. The van der Waals surface area contributed by atoms with E-state index in [1.54, 1.807) is 26.0 Å². The number of unbranched alkanes of at least 4 members (excludes halogenated alkanes) is 3. The third-order valence-electron chi connectivity index (χ3n) is 6.58. The molecule has 2 fully saturated rings. The molecule has 2 aliphatic rings. The van der Waals surface area contributed by atoms with Gasteiger partial charge in [0.25, 0.3) is 5.91 Å². The minimum Gasteiger partial charge on any atom is -0.324 e. The van der Waals surface area contributed by atoms with Crippen LogP contribution in [0.5, 0.6) is 0 Å². The largest absolute Gasteiger partial charge is 0.325 e. The van der Waals surface area contributed by atoms with Crippen LogP contribution in [0.15, 0.2) is 23.1 Å². The Morgan fingerprint density at radius 2 is 1.82 bits per heavy atom. The lowest BCUT2D eigenvalue weighted by Crippen LogP contribution is -2.44. The highest BCUT2D eigenvalue weighted by Crippen LogP contribution is 2.27. The van der Waals surface area contributed by atoms with Crippen LogP contribution in [0.1, 0.15) is 70.8 Å². The zero-order chi connectivity index (χ0) is 24.9. The van der Waals surface area contributed by atoms with Crippen molar-refractivity contribution in [2.24, 2.45) is 0 Å². The number of nitrogens with zero attached hydrogens (tertiary/aromatic N) is 2. The van der Waals surface area contributed by atoms with E-state index in [4.69, 9.17) is 0 Å². The monoisotopic (exact) mass is 492 g/mol. The van der Waals surface area contributed by atoms with Crippen LogP contribution in [0.4, 0.5) is 10.5 Å². The molecule has 1 aromatic rings. The van der Waals surface area contributed by atoms with Crippen molar-refractivity contribution in [1.29, 1.82) is 0 Å². The summed E-state index contributed by atoms with van der Waals surface area (Å²) < 4.78 is 27.7. The van der Waals surface area contributed by atoms with Gasteiger partial charge >= 0.3 is 6.03 Å². The third-order valence-corrected chi connectivity index (χ3v) is 8.62. The van der Waals surface area contributed by atoms with E-state index in [1.165, 1.54) is 10.4 Å². The number of imide groups is 1. The predicted molar refractivity (Wildman–Crippen MR) is 130 cm³/mol. The highest BCUT2D eigenvalue weighted by atomic mass is 32.2. The Labute approximate surface area is 202 Å². The van der Waals surface area contributed by atoms with E-state index >= 15 is 0 Å². The molecule has 0 aliphatic carbocycles. The van der Waals surface area contributed by atoms with Gasteiger partial charge in [0.2, 0.25) is 15.9 Å². The molecule has 0 aromatic heterocycles. The van der Waals surface area contributed by atoms with Gasteiger partial charge in [-0.1, -0.05) is 45.1 Å². The van der Waals surface area contributed by atoms with Crippen LogP contribution in [-0.4, -0.2) is 60.6 Å². The smallest absolute Gasteiger partial charge is 0.324 e. The van der Waals surface area contributed by atoms with Crippen molar-refractivity contribution >= 4 is 33.6 Å². The summed E-state index contributed by atoms with van der Waals surface area (Å²) in [6.45, 7) is 6.05. The van der Waals surface area contributed by atoms with Crippen molar-refractivity contribution in [3.8, 4) is 0 Å². The van der Waals surface area contributed by atoms with Gasteiger partial charge in [0, 0.05) is 18.8 Å². The molecular weight excluding hydrogens is 456 g/mol.